The molecule has 0 fully saturated rings. The van der Waals surface area contributed by atoms with Gasteiger partial charge in [0.15, 0.2) is 0 Å². The fraction of sp³-hybridized carbons (Fsp3) is 0.467. The van der Waals surface area contributed by atoms with Crippen molar-refractivity contribution in [2.24, 2.45) is 0 Å². The smallest absolute Gasteiger partial charge is 0.289 e. The number of hydrogen-bond donors (Lipinski definition) is 0. The second-order valence-corrected chi connectivity index (χ2v) is 4.78. The van der Waals surface area contributed by atoms with Gasteiger partial charge in [-0.25, -0.2) is 0 Å². The fourth-order valence-corrected chi connectivity index (χ4v) is 1.89. The summed E-state index contributed by atoms with van der Waals surface area (Å²) in [5.41, 5.74) is 3.42. The summed E-state index contributed by atoms with van der Waals surface area (Å²) in [4.78, 5) is 23.9. The lowest BCUT2D eigenvalue weighted by Crippen LogP contribution is -2.33. The van der Waals surface area contributed by atoms with E-state index in [9.17, 15) is 9.59 Å². The summed E-state index contributed by atoms with van der Waals surface area (Å²) in [6.45, 7) is 5.86. The standard InChI is InChI=1S/C15H21NO3/c1-10-8-13(14(19-5)9-11(10)2)6-7-16(4)15(18)12(3)17/h8-9H,6-7H2,1-5H3. The minimum absolute atomic E-state index is 0.436. The molecule has 0 saturated heterocycles. The summed E-state index contributed by atoms with van der Waals surface area (Å²) in [6.07, 6.45) is 0.666. The van der Waals surface area contributed by atoms with Gasteiger partial charge < -0.3 is 9.64 Å². The lowest BCUT2D eigenvalue weighted by atomic mass is 10.0. The van der Waals surface area contributed by atoms with Crippen molar-refractivity contribution in [2.75, 3.05) is 20.7 Å². The summed E-state index contributed by atoms with van der Waals surface area (Å²) in [5, 5.41) is 0. The highest BCUT2D eigenvalue weighted by atomic mass is 16.5. The van der Waals surface area contributed by atoms with Gasteiger partial charge in [0, 0.05) is 20.5 Å². The number of carbonyl (C=O) groups excluding carboxylic acids is 2. The molecule has 104 valence electrons. The quantitative estimate of drug-likeness (QED) is 0.762. The summed E-state index contributed by atoms with van der Waals surface area (Å²) in [7, 11) is 3.27. The molecule has 1 aromatic rings. The molecule has 0 radical (unpaired) electrons. The third-order valence-corrected chi connectivity index (χ3v) is 3.26. The maximum Gasteiger partial charge on any atom is 0.289 e. The van der Waals surface area contributed by atoms with E-state index in [0.29, 0.717) is 13.0 Å². The van der Waals surface area contributed by atoms with Crippen LogP contribution >= 0.6 is 0 Å². The van der Waals surface area contributed by atoms with Crippen LogP contribution in [0.2, 0.25) is 0 Å². The number of amides is 1. The molecule has 0 aliphatic rings. The van der Waals surface area contributed by atoms with Crippen LogP contribution < -0.4 is 4.74 Å². The summed E-state index contributed by atoms with van der Waals surface area (Å²) in [5.74, 6) is -0.0656. The van der Waals surface area contributed by atoms with Crippen LogP contribution in [0.4, 0.5) is 0 Å². The van der Waals surface area contributed by atoms with Crippen LogP contribution in [-0.4, -0.2) is 37.3 Å². The number of Topliss-reactive ketones (excluding diaryl/α,β-unsaturated/α-hetero) is 1. The highest BCUT2D eigenvalue weighted by Gasteiger charge is 2.14. The Labute approximate surface area is 114 Å². The van der Waals surface area contributed by atoms with Gasteiger partial charge in [0.1, 0.15) is 5.75 Å². The van der Waals surface area contributed by atoms with Crippen molar-refractivity contribution in [2.45, 2.75) is 27.2 Å². The molecule has 0 saturated carbocycles. The van der Waals surface area contributed by atoms with Crippen molar-refractivity contribution >= 4 is 11.7 Å². The topological polar surface area (TPSA) is 46.6 Å². The van der Waals surface area contributed by atoms with Crippen molar-refractivity contribution in [1.82, 2.24) is 4.90 Å². The Morgan fingerprint density at radius 3 is 2.32 bits per heavy atom. The number of benzene rings is 1. The van der Waals surface area contributed by atoms with Gasteiger partial charge in [-0.15, -0.1) is 0 Å². The Kier molecular flexibility index (Phi) is 5.10. The largest absolute Gasteiger partial charge is 0.496 e. The van der Waals surface area contributed by atoms with E-state index >= 15 is 0 Å². The Balaban J connectivity index is 2.80. The molecule has 0 heterocycles. The molecule has 1 aromatic carbocycles. The van der Waals surface area contributed by atoms with Crippen LogP contribution in [0.1, 0.15) is 23.6 Å². The lowest BCUT2D eigenvalue weighted by molar-refractivity contribution is -0.142. The zero-order chi connectivity index (χ0) is 14.6. The monoisotopic (exact) mass is 263 g/mol. The van der Waals surface area contributed by atoms with E-state index < -0.39 is 11.7 Å². The van der Waals surface area contributed by atoms with E-state index in [2.05, 4.69) is 6.07 Å². The maximum atomic E-state index is 11.5. The molecule has 0 aliphatic carbocycles. The Bertz CT molecular complexity index is 494. The number of nitrogens with zero attached hydrogens (tertiary/aromatic N) is 1. The number of methoxy groups -OCH3 is 1. The number of ketones is 1. The third-order valence-electron chi connectivity index (χ3n) is 3.26. The Hall–Kier alpha value is -1.84. The third kappa shape index (κ3) is 3.81. The van der Waals surface area contributed by atoms with E-state index in [-0.39, 0.29) is 0 Å². The number of rotatable bonds is 5. The van der Waals surface area contributed by atoms with Gasteiger partial charge in [0.05, 0.1) is 7.11 Å². The molecule has 19 heavy (non-hydrogen) atoms. The van der Waals surface area contributed by atoms with Crippen LogP contribution in [-0.2, 0) is 16.0 Å². The molecular weight excluding hydrogens is 242 g/mol. The van der Waals surface area contributed by atoms with Gasteiger partial charge in [0.2, 0.25) is 5.78 Å². The minimum Gasteiger partial charge on any atom is -0.496 e. The van der Waals surface area contributed by atoms with E-state index in [1.54, 1.807) is 14.2 Å². The first-order valence-corrected chi connectivity index (χ1v) is 6.27. The first kappa shape index (κ1) is 15.2. The number of hydrogen-bond acceptors (Lipinski definition) is 3. The van der Waals surface area contributed by atoms with Gasteiger partial charge in [-0.2, -0.15) is 0 Å². The molecule has 0 aliphatic heterocycles. The van der Waals surface area contributed by atoms with Crippen LogP contribution in [0.15, 0.2) is 12.1 Å². The van der Waals surface area contributed by atoms with E-state index in [1.807, 2.05) is 19.9 Å². The SMILES string of the molecule is COc1cc(C)c(C)cc1CCN(C)C(=O)C(C)=O. The fourth-order valence-electron chi connectivity index (χ4n) is 1.89. The predicted octanol–water partition coefficient (Wildman–Crippen LogP) is 1.90. The van der Waals surface area contributed by atoms with E-state index in [0.717, 1.165) is 11.3 Å². The van der Waals surface area contributed by atoms with Crippen molar-refractivity contribution in [3.8, 4) is 5.75 Å². The molecule has 1 rings (SSSR count). The molecule has 1 amide bonds. The van der Waals surface area contributed by atoms with Crippen LogP contribution in [0.25, 0.3) is 0 Å². The van der Waals surface area contributed by atoms with Crippen molar-refractivity contribution in [3.05, 3.63) is 28.8 Å². The van der Waals surface area contributed by atoms with Gasteiger partial charge in [-0.05, 0) is 43.0 Å². The molecule has 0 spiro atoms. The second-order valence-electron chi connectivity index (χ2n) is 4.78. The number of ether oxygens (including phenoxy) is 1. The summed E-state index contributed by atoms with van der Waals surface area (Å²) in [6, 6.07) is 4.07. The average molecular weight is 263 g/mol. The first-order valence-electron chi connectivity index (χ1n) is 6.27. The number of likely N-dealkylation sites (N-methyl/N-ethyl adjacent to an activating group) is 1. The number of carbonyl (C=O) groups is 2. The number of aryl methyl sites for hydroxylation is 2. The van der Waals surface area contributed by atoms with Gasteiger partial charge in [-0.1, -0.05) is 6.07 Å². The Morgan fingerprint density at radius 1 is 1.21 bits per heavy atom. The molecule has 4 nitrogen and oxygen atoms in total. The van der Waals surface area contributed by atoms with Crippen LogP contribution in [0.3, 0.4) is 0 Å². The highest BCUT2D eigenvalue weighted by Crippen LogP contribution is 2.23. The molecule has 0 unspecified atom stereocenters. The highest BCUT2D eigenvalue weighted by molar-refractivity contribution is 6.34. The first-order chi connectivity index (χ1) is 8.86. The summed E-state index contributed by atoms with van der Waals surface area (Å²) < 4.78 is 5.35. The van der Waals surface area contributed by atoms with Crippen LogP contribution in [0.5, 0.6) is 5.75 Å². The van der Waals surface area contributed by atoms with Crippen molar-refractivity contribution in [3.63, 3.8) is 0 Å². The van der Waals surface area contributed by atoms with Gasteiger partial charge >= 0.3 is 0 Å². The summed E-state index contributed by atoms with van der Waals surface area (Å²) >= 11 is 0. The molecule has 4 heteroatoms. The van der Waals surface area contributed by atoms with E-state index in [4.69, 9.17) is 4.74 Å². The molecule has 0 bridgehead atoms. The van der Waals surface area contributed by atoms with Gasteiger partial charge in [0.25, 0.3) is 5.91 Å². The maximum absolute atomic E-state index is 11.5. The molecule has 0 aromatic heterocycles. The second kappa shape index (κ2) is 6.36. The zero-order valence-electron chi connectivity index (χ0n) is 12.2. The van der Waals surface area contributed by atoms with E-state index in [1.165, 1.54) is 23.0 Å². The van der Waals surface area contributed by atoms with Gasteiger partial charge in [-0.3, -0.25) is 9.59 Å². The molecular formula is C15H21NO3. The van der Waals surface area contributed by atoms with Crippen molar-refractivity contribution in [1.29, 1.82) is 0 Å². The molecule has 0 atom stereocenters. The van der Waals surface area contributed by atoms with Crippen molar-refractivity contribution < 1.29 is 14.3 Å². The lowest BCUT2D eigenvalue weighted by Gasteiger charge is -2.17. The zero-order valence-corrected chi connectivity index (χ0v) is 12.2. The average Bonchev–Trinajstić information content (AvgIpc) is 2.38. The molecule has 0 N–H and O–H groups in total. The minimum atomic E-state index is -0.456. The predicted molar refractivity (Wildman–Crippen MR) is 74.5 cm³/mol. The normalized spacial score (nSPS) is 10.2. The Morgan fingerprint density at radius 2 is 1.79 bits per heavy atom. The van der Waals surface area contributed by atoms with Crippen LogP contribution in [0, 0.1) is 13.8 Å².